The molecule has 0 unspecified atom stereocenters. The van der Waals surface area contributed by atoms with Crippen LogP contribution in [0.25, 0.3) is 0 Å². The number of ether oxygens (including phenoxy) is 2. The largest absolute Gasteiger partial charge is 0.495 e. The minimum Gasteiger partial charge on any atom is -0.495 e. The maximum absolute atomic E-state index is 12.4. The number of nitrogens with zero attached hydrogens (tertiary/aromatic N) is 1. The van der Waals surface area contributed by atoms with Crippen LogP contribution in [-0.2, 0) is 9.53 Å². The number of methoxy groups -OCH3 is 2. The first-order valence-electron chi connectivity index (χ1n) is 9.75. The summed E-state index contributed by atoms with van der Waals surface area (Å²) in [7, 11) is 3.00. The number of carbonyl (C=O) groups is 2. The number of anilines is 2. The molecule has 2 aromatic rings. The molecule has 7 nitrogen and oxygen atoms in total. The van der Waals surface area contributed by atoms with Crippen molar-refractivity contribution in [1.82, 2.24) is 4.98 Å². The van der Waals surface area contributed by atoms with E-state index in [9.17, 15) is 9.59 Å². The number of hydrogen-bond donors (Lipinski definition) is 2. The lowest BCUT2D eigenvalue weighted by Gasteiger charge is -2.27. The SMILES string of the molecule is COc1ccc(C)cc1NC(=O)Nc1cncc([C@H]2CC[C@H](C(=O)OC)CC2)c1. The van der Waals surface area contributed by atoms with Crippen molar-refractivity contribution in [2.24, 2.45) is 5.92 Å². The minimum absolute atomic E-state index is 0.0133. The van der Waals surface area contributed by atoms with Crippen LogP contribution in [0.4, 0.5) is 16.2 Å². The molecule has 0 spiro atoms. The summed E-state index contributed by atoms with van der Waals surface area (Å²) in [4.78, 5) is 28.4. The Hall–Kier alpha value is -3.09. The van der Waals surface area contributed by atoms with E-state index in [1.165, 1.54) is 7.11 Å². The van der Waals surface area contributed by atoms with Gasteiger partial charge in [0, 0.05) is 6.20 Å². The minimum atomic E-state index is -0.359. The van der Waals surface area contributed by atoms with Gasteiger partial charge in [0.05, 0.1) is 37.7 Å². The summed E-state index contributed by atoms with van der Waals surface area (Å²) in [5.74, 6) is 0.783. The van der Waals surface area contributed by atoms with Crippen molar-refractivity contribution in [2.75, 3.05) is 24.9 Å². The Morgan fingerprint density at radius 3 is 2.48 bits per heavy atom. The van der Waals surface area contributed by atoms with Crippen LogP contribution >= 0.6 is 0 Å². The predicted octanol–water partition coefficient (Wildman–Crippen LogP) is 4.49. The van der Waals surface area contributed by atoms with Crippen LogP contribution in [0.3, 0.4) is 0 Å². The molecule has 1 aliphatic rings. The molecule has 154 valence electrons. The van der Waals surface area contributed by atoms with Crippen LogP contribution in [0.5, 0.6) is 5.75 Å². The molecule has 7 heteroatoms. The third-order valence-corrected chi connectivity index (χ3v) is 5.35. The molecule has 1 aromatic heterocycles. The van der Waals surface area contributed by atoms with Gasteiger partial charge in [0.1, 0.15) is 5.75 Å². The van der Waals surface area contributed by atoms with Crippen LogP contribution in [0, 0.1) is 12.8 Å². The third-order valence-electron chi connectivity index (χ3n) is 5.35. The quantitative estimate of drug-likeness (QED) is 0.726. The molecule has 0 radical (unpaired) electrons. The van der Waals surface area contributed by atoms with Crippen LogP contribution < -0.4 is 15.4 Å². The van der Waals surface area contributed by atoms with Gasteiger partial charge in [-0.25, -0.2) is 4.79 Å². The van der Waals surface area contributed by atoms with E-state index in [-0.39, 0.29) is 17.9 Å². The van der Waals surface area contributed by atoms with Crippen molar-refractivity contribution < 1.29 is 19.1 Å². The summed E-state index contributed by atoms with van der Waals surface area (Å²) in [6.07, 6.45) is 6.87. The molecule has 1 aliphatic carbocycles. The fourth-order valence-corrected chi connectivity index (χ4v) is 3.78. The van der Waals surface area contributed by atoms with Gasteiger partial charge in [-0.3, -0.25) is 9.78 Å². The number of aromatic nitrogens is 1. The zero-order valence-electron chi connectivity index (χ0n) is 17.0. The number of esters is 1. The molecule has 1 aromatic carbocycles. The normalized spacial score (nSPS) is 18.6. The Labute approximate surface area is 170 Å². The molecular weight excluding hydrogens is 370 g/mol. The third kappa shape index (κ3) is 5.25. The lowest BCUT2D eigenvalue weighted by molar-refractivity contribution is -0.146. The van der Waals surface area contributed by atoms with Crippen LogP contribution in [0.1, 0.15) is 42.7 Å². The number of benzene rings is 1. The van der Waals surface area contributed by atoms with Crippen molar-refractivity contribution in [3.05, 3.63) is 47.8 Å². The Bertz CT molecular complexity index is 876. The van der Waals surface area contributed by atoms with Crippen molar-refractivity contribution in [3.8, 4) is 5.75 Å². The first kappa shape index (κ1) is 20.6. The zero-order valence-corrected chi connectivity index (χ0v) is 17.0. The average Bonchev–Trinajstić information content (AvgIpc) is 2.73. The molecule has 0 bridgehead atoms. The molecule has 1 saturated carbocycles. The van der Waals surface area contributed by atoms with E-state index in [4.69, 9.17) is 9.47 Å². The zero-order chi connectivity index (χ0) is 20.8. The van der Waals surface area contributed by atoms with Crippen molar-refractivity contribution in [3.63, 3.8) is 0 Å². The lowest BCUT2D eigenvalue weighted by Crippen LogP contribution is -2.22. The van der Waals surface area contributed by atoms with E-state index in [0.29, 0.717) is 23.0 Å². The highest BCUT2D eigenvalue weighted by atomic mass is 16.5. The van der Waals surface area contributed by atoms with E-state index in [0.717, 1.165) is 36.8 Å². The maximum Gasteiger partial charge on any atom is 0.323 e. The van der Waals surface area contributed by atoms with E-state index in [1.54, 1.807) is 13.3 Å². The Morgan fingerprint density at radius 1 is 1.03 bits per heavy atom. The average molecular weight is 397 g/mol. The summed E-state index contributed by atoms with van der Waals surface area (Å²) >= 11 is 0. The van der Waals surface area contributed by atoms with Crippen LogP contribution in [-0.4, -0.2) is 31.2 Å². The highest BCUT2D eigenvalue weighted by Crippen LogP contribution is 2.36. The molecule has 0 aliphatic heterocycles. The summed E-state index contributed by atoms with van der Waals surface area (Å²) in [6, 6.07) is 7.18. The molecule has 29 heavy (non-hydrogen) atoms. The first-order valence-corrected chi connectivity index (χ1v) is 9.75. The molecular formula is C22H27N3O4. The highest BCUT2D eigenvalue weighted by molar-refractivity contribution is 6.00. The van der Waals surface area contributed by atoms with Gasteiger partial charge < -0.3 is 20.1 Å². The summed E-state index contributed by atoms with van der Waals surface area (Å²) in [5.41, 5.74) is 3.32. The number of amides is 2. The molecule has 1 heterocycles. The van der Waals surface area contributed by atoms with E-state index in [1.807, 2.05) is 37.4 Å². The van der Waals surface area contributed by atoms with Crippen molar-refractivity contribution in [2.45, 2.75) is 38.5 Å². The summed E-state index contributed by atoms with van der Waals surface area (Å²) in [6.45, 7) is 1.95. The van der Waals surface area contributed by atoms with Gasteiger partial charge >= 0.3 is 12.0 Å². The fraction of sp³-hybridized carbons (Fsp3) is 0.409. The number of rotatable bonds is 5. The second kappa shape index (κ2) is 9.41. The van der Waals surface area contributed by atoms with E-state index < -0.39 is 0 Å². The number of urea groups is 1. The summed E-state index contributed by atoms with van der Waals surface area (Å²) in [5, 5.41) is 5.65. The molecule has 0 atom stereocenters. The number of carbonyl (C=O) groups excluding carboxylic acids is 2. The molecule has 2 N–H and O–H groups in total. The van der Waals surface area contributed by atoms with Crippen LogP contribution in [0.15, 0.2) is 36.7 Å². The second-order valence-corrected chi connectivity index (χ2v) is 7.36. The predicted molar refractivity (Wildman–Crippen MR) is 111 cm³/mol. The van der Waals surface area contributed by atoms with Gasteiger partial charge in [0.25, 0.3) is 0 Å². The van der Waals surface area contributed by atoms with Gasteiger partial charge in [-0.05, 0) is 67.9 Å². The number of aryl methyl sites for hydroxylation is 1. The Kier molecular flexibility index (Phi) is 6.69. The lowest BCUT2D eigenvalue weighted by atomic mass is 9.79. The van der Waals surface area contributed by atoms with Gasteiger partial charge in [-0.15, -0.1) is 0 Å². The van der Waals surface area contributed by atoms with Crippen molar-refractivity contribution >= 4 is 23.4 Å². The number of pyridine rings is 1. The molecule has 1 fully saturated rings. The summed E-state index contributed by atoms with van der Waals surface area (Å²) < 4.78 is 10.1. The van der Waals surface area contributed by atoms with Crippen LogP contribution in [0.2, 0.25) is 0 Å². The topological polar surface area (TPSA) is 89.5 Å². The number of nitrogens with one attached hydrogen (secondary N) is 2. The van der Waals surface area contributed by atoms with E-state index >= 15 is 0 Å². The van der Waals surface area contributed by atoms with Gasteiger partial charge in [-0.2, -0.15) is 0 Å². The molecule has 0 saturated heterocycles. The van der Waals surface area contributed by atoms with E-state index in [2.05, 4.69) is 15.6 Å². The Balaban J connectivity index is 1.62. The maximum atomic E-state index is 12.4. The second-order valence-electron chi connectivity index (χ2n) is 7.36. The molecule has 3 rings (SSSR count). The Morgan fingerprint density at radius 2 is 1.79 bits per heavy atom. The monoisotopic (exact) mass is 397 g/mol. The number of hydrogen-bond acceptors (Lipinski definition) is 5. The van der Waals surface area contributed by atoms with Crippen molar-refractivity contribution in [1.29, 1.82) is 0 Å². The standard InChI is InChI=1S/C22H27N3O4/c1-14-4-9-20(28-2)19(10-14)25-22(27)24-18-11-17(12-23-13-18)15-5-7-16(8-6-15)21(26)29-3/h4,9-13,15-16H,5-8H2,1-3H3,(H2,24,25,27)/t15-,16-. The van der Waals surface area contributed by atoms with Gasteiger partial charge in [-0.1, -0.05) is 6.07 Å². The molecule has 2 amide bonds. The smallest absolute Gasteiger partial charge is 0.323 e. The highest BCUT2D eigenvalue weighted by Gasteiger charge is 2.27. The van der Waals surface area contributed by atoms with Gasteiger partial charge in [0.2, 0.25) is 0 Å². The van der Waals surface area contributed by atoms with Gasteiger partial charge in [0.15, 0.2) is 0 Å². The first-order chi connectivity index (χ1) is 14.0. The fourth-order valence-electron chi connectivity index (χ4n) is 3.78.